The topological polar surface area (TPSA) is 46.5 Å². The Labute approximate surface area is 108 Å². The number of aliphatic hydroxyl groups is 1. The zero-order valence-corrected chi connectivity index (χ0v) is 11.5. The van der Waals surface area contributed by atoms with Crippen LogP contribution in [0.25, 0.3) is 0 Å². The van der Waals surface area contributed by atoms with Crippen LogP contribution in [0.4, 0.5) is 0 Å². The molecule has 3 heteroatoms. The molecule has 100 valence electrons. The second kappa shape index (κ2) is 3.60. The molecule has 0 bridgehead atoms. The maximum absolute atomic E-state index is 11.7. The lowest BCUT2D eigenvalue weighted by molar-refractivity contribution is -0.137. The number of carbonyl (C=O) groups excluding carboxylic acids is 1. The lowest BCUT2D eigenvalue weighted by Gasteiger charge is -2.33. The maximum atomic E-state index is 11.7. The molecule has 0 amide bonds. The van der Waals surface area contributed by atoms with Crippen molar-refractivity contribution in [2.45, 2.75) is 52.1 Å². The van der Waals surface area contributed by atoms with Gasteiger partial charge in [0.2, 0.25) is 0 Å². The Morgan fingerprint density at radius 3 is 2.72 bits per heavy atom. The summed E-state index contributed by atoms with van der Waals surface area (Å²) >= 11 is 0. The number of cyclic esters (lactones) is 1. The van der Waals surface area contributed by atoms with Crippen LogP contribution in [0.3, 0.4) is 0 Å². The third kappa shape index (κ3) is 1.80. The average Bonchev–Trinajstić information content (AvgIpc) is 2.69. The Morgan fingerprint density at radius 2 is 2.00 bits per heavy atom. The number of fused-ring (bicyclic) bond motifs is 1. The van der Waals surface area contributed by atoms with Gasteiger partial charge < -0.3 is 9.84 Å². The van der Waals surface area contributed by atoms with Crippen molar-refractivity contribution in [3.8, 4) is 0 Å². The fraction of sp³-hybridized carbons (Fsp3) is 0.800. The second-order valence-electron chi connectivity index (χ2n) is 7.34. The van der Waals surface area contributed by atoms with Crippen molar-refractivity contribution in [2.75, 3.05) is 6.61 Å². The SMILES string of the molecule is CC1(C)C[C@H]2CC3=C(C[C@](C)(O)[C@H]2C1)C(=O)OC3. The van der Waals surface area contributed by atoms with Crippen molar-refractivity contribution in [3.05, 3.63) is 11.1 Å². The van der Waals surface area contributed by atoms with E-state index in [4.69, 9.17) is 4.74 Å². The van der Waals surface area contributed by atoms with Crippen LogP contribution in [0.5, 0.6) is 0 Å². The first-order valence-electron chi connectivity index (χ1n) is 6.89. The van der Waals surface area contributed by atoms with Crippen molar-refractivity contribution >= 4 is 5.97 Å². The minimum absolute atomic E-state index is 0.204. The lowest BCUT2D eigenvalue weighted by atomic mass is 9.78. The fourth-order valence-electron chi connectivity index (χ4n) is 4.30. The van der Waals surface area contributed by atoms with Gasteiger partial charge in [0.25, 0.3) is 0 Å². The average molecular weight is 250 g/mol. The first-order chi connectivity index (χ1) is 8.28. The summed E-state index contributed by atoms with van der Waals surface area (Å²) in [5, 5.41) is 10.8. The highest BCUT2D eigenvalue weighted by Crippen LogP contribution is 2.55. The Kier molecular flexibility index (Phi) is 2.44. The molecule has 1 fully saturated rings. The summed E-state index contributed by atoms with van der Waals surface area (Å²) in [6.45, 7) is 6.91. The van der Waals surface area contributed by atoms with Crippen molar-refractivity contribution in [2.24, 2.45) is 17.3 Å². The molecule has 1 aliphatic heterocycles. The zero-order chi connectivity index (χ0) is 13.1. The van der Waals surface area contributed by atoms with Crippen LogP contribution in [0, 0.1) is 17.3 Å². The standard InChI is InChI=1S/C15H22O3/c1-14(2)5-9-4-10-8-18-13(16)11(10)6-15(3,17)12(9)7-14/h9,12,17H,4-8H2,1-3H3/t9-,12+,15+/m1/s1. The van der Waals surface area contributed by atoms with Gasteiger partial charge in [0.05, 0.1) is 5.60 Å². The van der Waals surface area contributed by atoms with Crippen LogP contribution in [0.1, 0.15) is 46.5 Å². The number of esters is 1. The number of ether oxygens (including phenoxy) is 1. The quantitative estimate of drug-likeness (QED) is 0.672. The molecule has 0 saturated heterocycles. The fourth-order valence-corrected chi connectivity index (χ4v) is 4.30. The molecule has 0 radical (unpaired) electrons. The van der Waals surface area contributed by atoms with Crippen LogP contribution in [-0.4, -0.2) is 23.3 Å². The molecule has 1 saturated carbocycles. The molecule has 0 aromatic rings. The molecule has 3 aliphatic rings. The van der Waals surface area contributed by atoms with Gasteiger partial charge in [-0.3, -0.25) is 0 Å². The van der Waals surface area contributed by atoms with E-state index in [9.17, 15) is 9.90 Å². The van der Waals surface area contributed by atoms with E-state index in [1.807, 2.05) is 6.92 Å². The molecule has 1 heterocycles. The first-order valence-corrected chi connectivity index (χ1v) is 6.89. The summed E-state index contributed by atoms with van der Waals surface area (Å²) in [6, 6.07) is 0. The third-order valence-electron chi connectivity index (χ3n) is 5.05. The minimum atomic E-state index is -0.765. The van der Waals surface area contributed by atoms with Gasteiger partial charge in [-0.05, 0) is 49.0 Å². The number of hydrogen-bond donors (Lipinski definition) is 1. The van der Waals surface area contributed by atoms with Crippen molar-refractivity contribution < 1.29 is 14.6 Å². The molecule has 3 rings (SSSR count). The summed E-state index contributed by atoms with van der Waals surface area (Å²) in [7, 11) is 0. The highest BCUT2D eigenvalue weighted by Gasteiger charge is 2.51. The molecule has 0 spiro atoms. The van der Waals surface area contributed by atoms with Crippen LogP contribution in [-0.2, 0) is 9.53 Å². The molecule has 3 atom stereocenters. The van der Waals surface area contributed by atoms with Crippen LogP contribution >= 0.6 is 0 Å². The molecule has 0 aromatic heterocycles. The van der Waals surface area contributed by atoms with Crippen LogP contribution < -0.4 is 0 Å². The van der Waals surface area contributed by atoms with Crippen LogP contribution in [0.15, 0.2) is 11.1 Å². The molecule has 18 heavy (non-hydrogen) atoms. The van der Waals surface area contributed by atoms with E-state index in [-0.39, 0.29) is 5.97 Å². The molecule has 0 aromatic carbocycles. The van der Waals surface area contributed by atoms with Crippen LogP contribution in [0.2, 0.25) is 0 Å². The molecular weight excluding hydrogens is 228 g/mol. The summed E-state index contributed by atoms with van der Waals surface area (Å²) in [6.07, 6.45) is 3.60. The van der Waals surface area contributed by atoms with Gasteiger partial charge in [0.1, 0.15) is 6.61 Å². The van der Waals surface area contributed by atoms with Crippen molar-refractivity contribution in [1.82, 2.24) is 0 Å². The number of hydrogen-bond acceptors (Lipinski definition) is 3. The van der Waals surface area contributed by atoms with Crippen molar-refractivity contribution in [1.29, 1.82) is 0 Å². The normalized spacial score (nSPS) is 42.3. The van der Waals surface area contributed by atoms with Gasteiger partial charge >= 0.3 is 5.97 Å². The number of rotatable bonds is 0. The molecule has 0 unspecified atom stereocenters. The lowest BCUT2D eigenvalue weighted by Crippen LogP contribution is -2.37. The molecular formula is C15H22O3. The van der Waals surface area contributed by atoms with Gasteiger partial charge in [0, 0.05) is 12.0 Å². The van der Waals surface area contributed by atoms with E-state index in [2.05, 4.69) is 13.8 Å². The van der Waals surface area contributed by atoms with E-state index in [0.717, 1.165) is 30.4 Å². The highest BCUT2D eigenvalue weighted by atomic mass is 16.5. The monoisotopic (exact) mass is 250 g/mol. The second-order valence-corrected chi connectivity index (χ2v) is 7.34. The van der Waals surface area contributed by atoms with E-state index in [1.165, 1.54) is 0 Å². The third-order valence-corrected chi connectivity index (χ3v) is 5.05. The first kappa shape index (κ1) is 12.2. The van der Waals surface area contributed by atoms with E-state index in [0.29, 0.717) is 30.3 Å². The van der Waals surface area contributed by atoms with Crippen molar-refractivity contribution in [3.63, 3.8) is 0 Å². The predicted molar refractivity (Wildman–Crippen MR) is 67.8 cm³/mol. The molecule has 2 aliphatic carbocycles. The van der Waals surface area contributed by atoms with Gasteiger partial charge in [0.15, 0.2) is 0 Å². The van der Waals surface area contributed by atoms with Gasteiger partial charge in [-0.15, -0.1) is 0 Å². The Balaban J connectivity index is 1.96. The largest absolute Gasteiger partial charge is 0.458 e. The van der Waals surface area contributed by atoms with Gasteiger partial charge in [-0.2, -0.15) is 0 Å². The Hall–Kier alpha value is -0.830. The van der Waals surface area contributed by atoms with E-state index in [1.54, 1.807) is 0 Å². The number of carbonyl (C=O) groups is 1. The summed E-state index contributed by atoms with van der Waals surface area (Å²) < 4.78 is 5.13. The van der Waals surface area contributed by atoms with E-state index < -0.39 is 5.60 Å². The smallest absolute Gasteiger partial charge is 0.334 e. The molecule has 1 N–H and O–H groups in total. The Bertz CT molecular complexity index is 431. The van der Waals surface area contributed by atoms with Gasteiger partial charge in [-0.25, -0.2) is 4.79 Å². The zero-order valence-electron chi connectivity index (χ0n) is 11.5. The summed E-state index contributed by atoms with van der Waals surface area (Å²) in [5.74, 6) is 0.604. The maximum Gasteiger partial charge on any atom is 0.334 e. The minimum Gasteiger partial charge on any atom is -0.458 e. The molecule has 3 nitrogen and oxygen atoms in total. The van der Waals surface area contributed by atoms with E-state index >= 15 is 0 Å². The predicted octanol–water partition coefficient (Wildman–Crippen LogP) is 2.44. The summed E-state index contributed by atoms with van der Waals surface area (Å²) in [5.41, 5.74) is 1.44. The summed E-state index contributed by atoms with van der Waals surface area (Å²) in [4.78, 5) is 11.7. The highest BCUT2D eigenvalue weighted by molar-refractivity contribution is 5.92. The van der Waals surface area contributed by atoms with Gasteiger partial charge in [-0.1, -0.05) is 13.8 Å². The Morgan fingerprint density at radius 1 is 1.28 bits per heavy atom.